The van der Waals surface area contributed by atoms with E-state index < -0.39 is 5.82 Å². The Balaban J connectivity index is 1.62. The van der Waals surface area contributed by atoms with Gasteiger partial charge in [0.15, 0.2) is 10.2 Å². The van der Waals surface area contributed by atoms with E-state index in [9.17, 15) is 9.18 Å². The molecule has 28 heavy (non-hydrogen) atoms. The molecule has 6 nitrogen and oxygen atoms in total. The van der Waals surface area contributed by atoms with Crippen LogP contribution in [0.5, 0.6) is 0 Å². The summed E-state index contributed by atoms with van der Waals surface area (Å²) in [5, 5.41) is 9.97. The van der Waals surface area contributed by atoms with Gasteiger partial charge in [-0.1, -0.05) is 31.4 Å². The summed E-state index contributed by atoms with van der Waals surface area (Å²) in [7, 11) is 0. The number of nitrogens with zero attached hydrogens (tertiary/aromatic N) is 3. The van der Waals surface area contributed by atoms with Crippen LogP contribution in [0, 0.1) is 5.82 Å². The zero-order valence-corrected chi connectivity index (χ0v) is 17.2. The first-order valence-electron chi connectivity index (χ1n) is 9.15. The highest BCUT2D eigenvalue weighted by Crippen LogP contribution is 2.30. The minimum Gasteiger partial charge on any atom is -0.359 e. The van der Waals surface area contributed by atoms with Crippen molar-refractivity contribution in [1.82, 2.24) is 15.7 Å². The van der Waals surface area contributed by atoms with Crippen LogP contribution in [0.25, 0.3) is 0 Å². The Labute approximate surface area is 172 Å². The Morgan fingerprint density at radius 2 is 2.11 bits per heavy atom. The maximum absolute atomic E-state index is 14.1. The molecule has 1 heterocycles. The minimum absolute atomic E-state index is 0.170. The number of para-hydroxylation sites is 1. The van der Waals surface area contributed by atoms with Gasteiger partial charge in [0.1, 0.15) is 5.82 Å². The third-order valence-electron chi connectivity index (χ3n) is 4.41. The number of hydrogen-bond acceptors (Lipinski definition) is 5. The molecule has 1 aliphatic carbocycles. The second kappa shape index (κ2) is 9.70. The van der Waals surface area contributed by atoms with E-state index in [0.717, 1.165) is 12.8 Å². The topological polar surface area (TPSA) is 69.6 Å². The van der Waals surface area contributed by atoms with Crippen LogP contribution >= 0.6 is 23.6 Å². The van der Waals surface area contributed by atoms with E-state index in [0.29, 0.717) is 22.0 Å². The van der Waals surface area contributed by atoms with Gasteiger partial charge in [-0.2, -0.15) is 5.10 Å². The molecule has 1 amide bonds. The monoisotopic (exact) mass is 419 g/mol. The SMILES string of the molecule is CC(=O)N(c1nc(/C=N\NC(=S)NC2CCCCC2)cs1)c1ccccc1F. The summed E-state index contributed by atoms with van der Waals surface area (Å²) >= 11 is 6.50. The van der Waals surface area contributed by atoms with Crippen molar-refractivity contribution in [3.05, 3.63) is 41.2 Å². The highest BCUT2D eigenvalue weighted by Gasteiger charge is 2.20. The standard InChI is InChI=1S/C19H22FN5OS2/c1-13(26)25(17-10-6-5-9-16(17)20)19-23-15(12-28-19)11-21-24-18(27)22-14-7-3-2-4-8-14/h5-6,9-12,14H,2-4,7-8H2,1H3,(H2,22,24,27)/b21-11-. The van der Waals surface area contributed by atoms with Gasteiger partial charge in [0.05, 0.1) is 17.6 Å². The molecule has 1 aromatic heterocycles. The summed E-state index contributed by atoms with van der Waals surface area (Å²) in [6, 6.07) is 6.51. The van der Waals surface area contributed by atoms with Gasteiger partial charge in [0.25, 0.3) is 0 Å². The van der Waals surface area contributed by atoms with Gasteiger partial charge in [0.2, 0.25) is 5.91 Å². The fourth-order valence-corrected chi connectivity index (χ4v) is 4.15. The fourth-order valence-electron chi connectivity index (χ4n) is 3.10. The number of amides is 1. The fraction of sp³-hybridized carbons (Fsp3) is 0.368. The van der Waals surface area contributed by atoms with Crippen molar-refractivity contribution in [2.75, 3.05) is 4.90 Å². The van der Waals surface area contributed by atoms with Gasteiger partial charge in [-0.25, -0.2) is 9.37 Å². The third kappa shape index (κ3) is 5.32. The molecule has 1 aliphatic rings. The van der Waals surface area contributed by atoms with Crippen LogP contribution in [0.3, 0.4) is 0 Å². The zero-order valence-electron chi connectivity index (χ0n) is 15.5. The number of carbonyl (C=O) groups is 1. The molecule has 3 rings (SSSR count). The van der Waals surface area contributed by atoms with Crippen molar-refractivity contribution in [3.8, 4) is 0 Å². The number of thiocarbonyl (C=S) groups is 1. The van der Waals surface area contributed by atoms with Crippen molar-refractivity contribution in [1.29, 1.82) is 0 Å². The Bertz CT molecular complexity index is 864. The lowest BCUT2D eigenvalue weighted by molar-refractivity contribution is -0.115. The predicted molar refractivity (Wildman–Crippen MR) is 115 cm³/mol. The summed E-state index contributed by atoms with van der Waals surface area (Å²) in [6.45, 7) is 1.37. The van der Waals surface area contributed by atoms with Crippen molar-refractivity contribution in [2.24, 2.45) is 5.10 Å². The van der Waals surface area contributed by atoms with Crippen molar-refractivity contribution >= 4 is 51.6 Å². The molecule has 0 spiro atoms. The summed E-state index contributed by atoms with van der Waals surface area (Å²) in [4.78, 5) is 17.7. The first-order valence-corrected chi connectivity index (χ1v) is 10.4. The molecule has 0 aliphatic heterocycles. The molecule has 0 atom stereocenters. The average molecular weight is 420 g/mol. The molecule has 0 bridgehead atoms. The lowest BCUT2D eigenvalue weighted by Crippen LogP contribution is -2.40. The number of benzene rings is 1. The van der Waals surface area contributed by atoms with Gasteiger partial charge in [-0.3, -0.25) is 15.1 Å². The van der Waals surface area contributed by atoms with E-state index in [1.807, 2.05) is 0 Å². The molecule has 9 heteroatoms. The summed E-state index contributed by atoms with van der Waals surface area (Å²) < 4.78 is 14.1. The Kier molecular flexibility index (Phi) is 7.05. The maximum Gasteiger partial charge on any atom is 0.230 e. The average Bonchev–Trinajstić information content (AvgIpc) is 3.12. The molecule has 148 valence electrons. The smallest absolute Gasteiger partial charge is 0.230 e. The molecule has 1 aromatic carbocycles. The maximum atomic E-state index is 14.1. The number of anilines is 2. The van der Waals surface area contributed by atoms with E-state index >= 15 is 0 Å². The van der Waals surface area contributed by atoms with Gasteiger partial charge in [0, 0.05) is 18.3 Å². The van der Waals surface area contributed by atoms with E-state index in [2.05, 4.69) is 20.8 Å². The van der Waals surface area contributed by atoms with E-state index in [1.54, 1.807) is 23.6 Å². The number of thiazole rings is 1. The number of rotatable bonds is 5. The number of hydrazone groups is 1. The molecule has 0 saturated heterocycles. The van der Waals surface area contributed by atoms with Crippen molar-refractivity contribution in [3.63, 3.8) is 0 Å². The van der Waals surface area contributed by atoms with Crippen LogP contribution in [-0.2, 0) is 4.79 Å². The Morgan fingerprint density at radius 1 is 1.36 bits per heavy atom. The van der Waals surface area contributed by atoms with Crippen LogP contribution in [0.4, 0.5) is 15.2 Å². The second-order valence-electron chi connectivity index (χ2n) is 6.54. The number of nitrogens with one attached hydrogen (secondary N) is 2. The largest absolute Gasteiger partial charge is 0.359 e. The van der Waals surface area contributed by atoms with Gasteiger partial charge in [-0.15, -0.1) is 11.3 Å². The molecule has 1 fully saturated rings. The van der Waals surface area contributed by atoms with Gasteiger partial charge >= 0.3 is 0 Å². The normalized spacial score (nSPS) is 14.8. The molecule has 1 saturated carbocycles. The molecule has 0 unspecified atom stereocenters. The van der Waals surface area contributed by atoms with Crippen LogP contribution < -0.4 is 15.6 Å². The van der Waals surface area contributed by atoms with Crippen LogP contribution in [0.2, 0.25) is 0 Å². The Morgan fingerprint density at radius 3 is 2.82 bits per heavy atom. The van der Waals surface area contributed by atoms with E-state index in [-0.39, 0.29) is 11.6 Å². The van der Waals surface area contributed by atoms with Crippen molar-refractivity contribution in [2.45, 2.75) is 45.1 Å². The molecular weight excluding hydrogens is 397 g/mol. The lowest BCUT2D eigenvalue weighted by Gasteiger charge is -2.23. The first-order chi connectivity index (χ1) is 13.5. The summed E-state index contributed by atoms with van der Waals surface area (Å²) in [5.41, 5.74) is 3.52. The molecule has 2 aromatic rings. The van der Waals surface area contributed by atoms with Crippen LogP contribution in [-0.4, -0.2) is 28.3 Å². The molecular formula is C19H22FN5OS2. The predicted octanol–water partition coefficient (Wildman–Crippen LogP) is 4.10. The van der Waals surface area contributed by atoms with Gasteiger partial charge < -0.3 is 5.32 Å². The molecule has 2 N–H and O–H groups in total. The number of hydrogen-bond donors (Lipinski definition) is 2. The number of aromatic nitrogens is 1. The number of carbonyl (C=O) groups excluding carboxylic acids is 1. The Hall–Kier alpha value is -2.39. The first kappa shape index (κ1) is 20.3. The van der Waals surface area contributed by atoms with E-state index in [4.69, 9.17) is 12.2 Å². The third-order valence-corrected chi connectivity index (χ3v) is 5.47. The van der Waals surface area contributed by atoms with Crippen LogP contribution in [0.15, 0.2) is 34.7 Å². The highest BCUT2D eigenvalue weighted by atomic mass is 32.1. The van der Waals surface area contributed by atoms with Crippen molar-refractivity contribution < 1.29 is 9.18 Å². The van der Waals surface area contributed by atoms with E-state index in [1.165, 1.54) is 54.7 Å². The quantitative estimate of drug-likeness (QED) is 0.434. The van der Waals surface area contributed by atoms with Gasteiger partial charge in [-0.05, 0) is 37.2 Å². The number of halogens is 1. The lowest BCUT2D eigenvalue weighted by atomic mass is 9.96. The summed E-state index contributed by atoms with van der Waals surface area (Å²) in [5.74, 6) is -0.803. The minimum atomic E-state index is -0.482. The van der Waals surface area contributed by atoms with Crippen LogP contribution in [0.1, 0.15) is 44.7 Å². The highest BCUT2D eigenvalue weighted by molar-refractivity contribution is 7.80. The zero-order chi connectivity index (χ0) is 19.9. The second-order valence-corrected chi connectivity index (χ2v) is 7.78. The summed E-state index contributed by atoms with van der Waals surface area (Å²) in [6.07, 6.45) is 7.50. The molecule has 0 radical (unpaired) electrons.